The summed E-state index contributed by atoms with van der Waals surface area (Å²) in [6.07, 6.45) is 0.767. The summed E-state index contributed by atoms with van der Waals surface area (Å²) in [6, 6.07) is 5.21. The average Bonchev–Trinajstić information content (AvgIpc) is 2.62. The highest BCUT2D eigenvalue weighted by Crippen LogP contribution is 2.08. The number of pyridine rings is 1. The van der Waals surface area contributed by atoms with Gasteiger partial charge in [-0.1, -0.05) is 6.07 Å². The fourth-order valence-electron chi connectivity index (χ4n) is 1.83. The smallest absolute Gasteiger partial charge is 0.273 e. The zero-order valence-electron chi connectivity index (χ0n) is 10.3. The maximum absolute atomic E-state index is 12.2. The minimum Gasteiger partial charge on any atom is -0.373 e. The highest BCUT2D eigenvalue weighted by molar-refractivity contribution is 5.95. The number of nitrogens with zero attached hydrogens (tertiary/aromatic N) is 2. The summed E-state index contributed by atoms with van der Waals surface area (Å²) in [7, 11) is 1.75. The minimum atomic E-state index is -0.204. The van der Waals surface area contributed by atoms with E-state index in [1.54, 1.807) is 25.2 Å². The molecule has 18 heavy (non-hydrogen) atoms. The molecule has 6 nitrogen and oxygen atoms in total. The third-order valence-corrected chi connectivity index (χ3v) is 2.77. The van der Waals surface area contributed by atoms with E-state index in [-0.39, 0.29) is 18.4 Å². The van der Waals surface area contributed by atoms with Gasteiger partial charge in [-0.3, -0.25) is 9.59 Å². The molecule has 0 aliphatic carbocycles. The van der Waals surface area contributed by atoms with E-state index in [0.717, 1.165) is 6.42 Å². The number of carbonyl (C=O) groups excluding carboxylic acids is 2. The standard InChI is InChI=1S/C12H16N4O2/c1-13-10-5-2-4-9(15-10)12(18)16-7-3-6-14-11(17)8-16/h2,4-5H,3,6-8H2,1H3,(H,13,15)(H,14,17). The van der Waals surface area contributed by atoms with Crippen LogP contribution in [0.2, 0.25) is 0 Å². The van der Waals surface area contributed by atoms with Gasteiger partial charge in [0.15, 0.2) is 0 Å². The number of anilines is 1. The molecule has 1 aromatic rings. The van der Waals surface area contributed by atoms with Gasteiger partial charge in [-0.25, -0.2) is 4.98 Å². The maximum Gasteiger partial charge on any atom is 0.273 e. The first-order valence-electron chi connectivity index (χ1n) is 5.91. The molecule has 1 aliphatic heterocycles. The molecule has 6 heteroatoms. The van der Waals surface area contributed by atoms with Crippen molar-refractivity contribution >= 4 is 17.6 Å². The Labute approximate surface area is 105 Å². The summed E-state index contributed by atoms with van der Waals surface area (Å²) in [5.41, 5.74) is 0.358. The molecule has 0 saturated carbocycles. The van der Waals surface area contributed by atoms with Crippen molar-refractivity contribution < 1.29 is 9.59 Å². The predicted molar refractivity (Wildman–Crippen MR) is 67.3 cm³/mol. The van der Waals surface area contributed by atoms with Crippen LogP contribution >= 0.6 is 0 Å². The molecular formula is C12H16N4O2. The highest BCUT2D eigenvalue weighted by atomic mass is 16.2. The molecule has 1 aliphatic rings. The van der Waals surface area contributed by atoms with Gasteiger partial charge >= 0.3 is 0 Å². The normalized spacial score (nSPS) is 15.8. The van der Waals surface area contributed by atoms with Crippen LogP contribution in [0.15, 0.2) is 18.2 Å². The summed E-state index contributed by atoms with van der Waals surface area (Å²) in [4.78, 5) is 29.4. The van der Waals surface area contributed by atoms with Crippen molar-refractivity contribution in [3.8, 4) is 0 Å². The number of aromatic nitrogens is 1. The molecule has 0 spiro atoms. The van der Waals surface area contributed by atoms with E-state index in [9.17, 15) is 9.59 Å². The van der Waals surface area contributed by atoms with Crippen LogP contribution < -0.4 is 10.6 Å². The van der Waals surface area contributed by atoms with Crippen molar-refractivity contribution in [3.63, 3.8) is 0 Å². The van der Waals surface area contributed by atoms with Crippen LogP contribution in [0.1, 0.15) is 16.9 Å². The van der Waals surface area contributed by atoms with Crippen LogP contribution in [0.5, 0.6) is 0 Å². The number of hydrogen-bond acceptors (Lipinski definition) is 4. The van der Waals surface area contributed by atoms with E-state index in [4.69, 9.17) is 0 Å². The highest BCUT2D eigenvalue weighted by Gasteiger charge is 2.21. The first-order valence-corrected chi connectivity index (χ1v) is 5.91. The molecule has 2 amide bonds. The van der Waals surface area contributed by atoms with E-state index in [1.807, 2.05) is 0 Å². The molecule has 1 fully saturated rings. The third-order valence-electron chi connectivity index (χ3n) is 2.77. The van der Waals surface area contributed by atoms with Crippen molar-refractivity contribution in [2.24, 2.45) is 0 Å². The van der Waals surface area contributed by atoms with E-state index in [1.165, 1.54) is 4.90 Å². The number of carbonyl (C=O) groups is 2. The fraction of sp³-hybridized carbons (Fsp3) is 0.417. The summed E-state index contributed by atoms with van der Waals surface area (Å²) >= 11 is 0. The van der Waals surface area contributed by atoms with E-state index >= 15 is 0 Å². The number of amides is 2. The predicted octanol–water partition coefficient (Wildman–Crippen LogP) is 0.0854. The topological polar surface area (TPSA) is 74.3 Å². The lowest BCUT2D eigenvalue weighted by Crippen LogP contribution is -2.37. The Balaban J connectivity index is 2.16. The van der Waals surface area contributed by atoms with E-state index in [0.29, 0.717) is 24.6 Å². The van der Waals surface area contributed by atoms with E-state index in [2.05, 4.69) is 15.6 Å². The molecule has 2 N–H and O–H groups in total. The summed E-state index contributed by atoms with van der Waals surface area (Å²) in [5.74, 6) is 0.315. The van der Waals surface area contributed by atoms with E-state index < -0.39 is 0 Å². The number of hydrogen-bond donors (Lipinski definition) is 2. The summed E-state index contributed by atoms with van der Waals surface area (Å²) in [5, 5.41) is 5.62. The van der Waals surface area contributed by atoms with Gasteiger partial charge in [0.1, 0.15) is 11.5 Å². The zero-order valence-corrected chi connectivity index (χ0v) is 10.3. The van der Waals surface area contributed by atoms with Gasteiger partial charge in [-0.2, -0.15) is 0 Å². The van der Waals surface area contributed by atoms with Crippen LogP contribution in [0, 0.1) is 0 Å². The number of nitrogens with one attached hydrogen (secondary N) is 2. The summed E-state index contributed by atoms with van der Waals surface area (Å²) in [6.45, 7) is 1.29. The Morgan fingerprint density at radius 2 is 2.33 bits per heavy atom. The SMILES string of the molecule is CNc1cccc(C(=O)N2CCCNC(=O)C2)n1. The Bertz CT molecular complexity index is 461. The maximum atomic E-state index is 12.2. The largest absolute Gasteiger partial charge is 0.373 e. The molecule has 1 saturated heterocycles. The van der Waals surface area contributed by atoms with Crippen LogP contribution in [-0.2, 0) is 4.79 Å². The average molecular weight is 248 g/mol. The van der Waals surface area contributed by atoms with Crippen LogP contribution in [-0.4, -0.2) is 48.4 Å². The second-order valence-electron chi connectivity index (χ2n) is 4.09. The van der Waals surface area contributed by atoms with Gasteiger partial charge in [0.2, 0.25) is 5.91 Å². The summed E-state index contributed by atoms with van der Waals surface area (Å²) < 4.78 is 0. The molecule has 0 radical (unpaired) electrons. The molecule has 0 bridgehead atoms. The lowest BCUT2D eigenvalue weighted by Gasteiger charge is -2.18. The fourth-order valence-corrected chi connectivity index (χ4v) is 1.83. The van der Waals surface area contributed by atoms with Gasteiger partial charge in [-0.05, 0) is 18.6 Å². The molecule has 96 valence electrons. The molecular weight excluding hydrogens is 232 g/mol. The zero-order chi connectivity index (χ0) is 13.0. The Morgan fingerprint density at radius 1 is 1.50 bits per heavy atom. The van der Waals surface area contributed by atoms with Crippen molar-refractivity contribution in [3.05, 3.63) is 23.9 Å². The van der Waals surface area contributed by atoms with Gasteiger partial charge in [0.25, 0.3) is 5.91 Å². The van der Waals surface area contributed by atoms with Crippen molar-refractivity contribution in [2.45, 2.75) is 6.42 Å². The second kappa shape index (κ2) is 5.48. The number of rotatable bonds is 2. The Hall–Kier alpha value is -2.11. The van der Waals surface area contributed by atoms with Gasteiger partial charge in [-0.15, -0.1) is 0 Å². The lowest BCUT2D eigenvalue weighted by molar-refractivity contribution is -0.121. The van der Waals surface area contributed by atoms with Crippen LogP contribution in [0.3, 0.4) is 0 Å². The van der Waals surface area contributed by atoms with Gasteiger partial charge in [0, 0.05) is 20.1 Å². The monoisotopic (exact) mass is 248 g/mol. The lowest BCUT2D eigenvalue weighted by atomic mass is 10.3. The quantitative estimate of drug-likeness (QED) is 0.777. The molecule has 0 atom stereocenters. The van der Waals surface area contributed by atoms with Crippen LogP contribution in [0.25, 0.3) is 0 Å². The first kappa shape index (κ1) is 12.3. The third kappa shape index (κ3) is 2.77. The van der Waals surface area contributed by atoms with Crippen molar-refractivity contribution in [1.29, 1.82) is 0 Å². The van der Waals surface area contributed by atoms with Crippen molar-refractivity contribution in [2.75, 3.05) is 32.0 Å². The van der Waals surface area contributed by atoms with Gasteiger partial charge < -0.3 is 15.5 Å². The van der Waals surface area contributed by atoms with Crippen LogP contribution in [0.4, 0.5) is 5.82 Å². The van der Waals surface area contributed by atoms with Crippen molar-refractivity contribution in [1.82, 2.24) is 15.2 Å². The van der Waals surface area contributed by atoms with Gasteiger partial charge in [0.05, 0.1) is 6.54 Å². The Kier molecular flexibility index (Phi) is 3.76. The molecule has 0 aromatic carbocycles. The minimum absolute atomic E-state index is 0.101. The second-order valence-corrected chi connectivity index (χ2v) is 4.09. The molecule has 1 aromatic heterocycles. The first-order chi connectivity index (χ1) is 8.70. The molecule has 0 unspecified atom stereocenters. The molecule has 2 heterocycles. The Morgan fingerprint density at radius 3 is 3.11 bits per heavy atom. The molecule has 2 rings (SSSR count).